The molecule has 0 aromatic heterocycles. The van der Waals surface area contributed by atoms with E-state index in [0.717, 1.165) is 5.56 Å². The lowest BCUT2D eigenvalue weighted by molar-refractivity contribution is 0.0334. The van der Waals surface area contributed by atoms with Gasteiger partial charge in [0, 0.05) is 17.5 Å². The average molecular weight is 252 g/mol. The molecule has 0 atom stereocenters. The molecule has 3 heteroatoms. The lowest BCUT2D eigenvalue weighted by Crippen LogP contribution is -2.43. The molecule has 0 fully saturated rings. The monoisotopic (exact) mass is 252 g/mol. The van der Waals surface area contributed by atoms with Crippen molar-refractivity contribution >= 4 is 11.6 Å². The summed E-state index contributed by atoms with van der Waals surface area (Å²) in [7, 11) is 0. The van der Waals surface area contributed by atoms with Crippen molar-refractivity contribution in [3.05, 3.63) is 71.3 Å². The average Bonchev–Trinajstić information content (AvgIpc) is 2.63. The van der Waals surface area contributed by atoms with Gasteiger partial charge in [-0.3, -0.25) is 9.59 Å². The maximum atomic E-state index is 12.3. The second-order valence-corrected chi connectivity index (χ2v) is 4.73. The summed E-state index contributed by atoms with van der Waals surface area (Å²) < 4.78 is 0. The van der Waals surface area contributed by atoms with Gasteiger partial charge in [0.2, 0.25) is 11.6 Å². The van der Waals surface area contributed by atoms with E-state index in [1.807, 2.05) is 18.2 Å². The number of carbonyl (C=O) groups excluding carboxylic acids is 2. The molecular formula is C16H12O3. The van der Waals surface area contributed by atoms with Crippen molar-refractivity contribution in [3.8, 4) is 0 Å². The molecule has 1 aliphatic rings. The largest absolute Gasteiger partial charge is 0.374 e. The van der Waals surface area contributed by atoms with Crippen molar-refractivity contribution in [1.29, 1.82) is 0 Å². The highest BCUT2D eigenvalue weighted by Gasteiger charge is 2.51. The molecule has 19 heavy (non-hydrogen) atoms. The minimum Gasteiger partial charge on any atom is -0.374 e. The molecule has 0 saturated heterocycles. The highest BCUT2D eigenvalue weighted by atomic mass is 16.3. The highest BCUT2D eigenvalue weighted by Crippen LogP contribution is 2.32. The van der Waals surface area contributed by atoms with Gasteiger partial charge in [-0.05, 0) is 5.56 Å². The Hall–Kier alpha value is -2.26. The molecule has 0 unspecified atom stereocenters. The topological polar surface area (TPSA) is 54.4 Å². The van der Waals surface area contributed by atoms with E-state index in [1.165, 1.54) is 0 Å². The van der Waals surface area contributed by atoms with E-state index in [4.69, 9.17) is 0 Å². The molecule has 0 saturated carbocycles. The molecule has 2 aromatic carbocycles. The third kappa shape index (κ3) is 1.71. The van der Waals surface area contributed by atoms with Crippen LogP contribution in [-0.2, 0) is 6.42 Å². The van der Waals surface area contributed by atoms with Gasteiger partial charge in [0.25, 0.3) is 0 Å². The molecule has 2 aromatic rings. The molecule has 1 N–H and O–H groups in total. The summed E-state index contributed by atoms with van der Waals surface area (Å²) >= 11 is 0. The van der Waals surface area contributed by atoms with Gasteiger partial charge in [-0.25, -0.2) is 0 Å². The summed E-state index contributed by atoms with van der Waals surface area (Å²) in [6, 6.07) is 15.6. The van der Waals surface area contributed by atoms with Crippen LogP contribution in [0.2, 0.25) is 0 Å². The second kappa shape index (κ2) is 4.14. The van der Waals surface area contributed by atoms with Crippen molar-refractivity contribution in [2.75, 3.05) is 0 Å². The normalized spacial score (nSPS) is 16.5. The Morgan fingerprint density at radius 1 is 0.789 bits per heavy atom. The lowest BCUT2D eigenvalue weighted by Gasteiger charge is -2.18. The zero-order valence-corrected chi connectivity index (χ0v) is 10.2. The van der Waals surface area contributed by atoms with Crippen molar-refractivity contribution in [2.45, 2.75) is 12.0 Å². The minimum atomic E-state index is -1.95. The first-order valence-electron chi connectivity index (χ1n) is 6.08. The second-order valence-electron chi connectivity index (χ2n) is 4.73. The molecule has 0 amide bonds. The van der Waals surface area contributed by atoms with Crippen LogP contribution in [0.25, 0.3) is 0 Å². The predicted octanol–water partition coefficient (Wildman–Crippen LogP) is 2.04. The number of benzene rings is 2. The molecule has 0 spiro atoms. The summed E-state index contributed by atoms with van der Waals surface area (Å²) in [5.41, 5.74) is -0.568. The zero-order valence-electron chi connectivity index (χ0n) is 10.2. The fourth-order valence-electron chi connectivity index (χ4n) is 2.48. The molecular weight excluding hydrogens is 240 g/mol. The Kier molecular flexibility index (Phi) is 2.57. The van der Waals surface area contributed by atoms with Crippen molar-refractivity contribution in [3.63, 3.8) is 0 Å². The predicted molar refractivity (Wildman–Crippen MR) is 70.2 cm³/mol. The fourth-order valence-corrected chi connectivity index (χ4v) is 2.48. The van der Waals surface area contributed by atoms with Gasteiger partial charge >= 0.3 is 0 Å². The van der Waals surface area contributed by atoms with E-state index in [0.29, 0.717) is 11.1 Å². The number of carbonyl (C=O) groups is 2. The minimum absolute atomic E-state index is 0.0141. The number of Topliss-reactive ketones (excluding diaryl/α,β-unsaturated/α-hetero) is 2. The molecule has 1 aliphatic carbocycles. The van der Waals surface area contributed by atoms with E-state index in [-0.39, 0.29) is 6.42 Å². The zero-order chi connectivity index (χ0) is 13.5. The van der Waals surface area contributed by atoms with Crippen LogP contribution >= 0.6 is 0 Å². The Labute approximate surface area is 110 Å². The third-order valence-electron chi connectivity index (χ3n) is 3.47. The van der Waals surface area contributed by atoms with Crippen LogP contribution in [0.3, 0.4) is 0 Å². The molecule has 0 bridgehead atoms. The van der Waals surface area contributed by atoms with Crippen LogP contribution in [0, 0.1) is 0 Å². The summed E-state index contributed by atoms with van der Waals surface area (Å²) in [6.45, 7) is 0. The van der Waals surface area contributed by atoms with Crippen molar-refractivity contribution in [1.82, 2.24) is 0 Å². The standard InChI is InChI=1S/C16H12O3/c17-14-12-8-4-5-9-13(12)15(18)16(14,19)10-11-6-2-1-3-7-11/h1-9,19H,10H2. The number of hydrogen-bond acceptors (Lipinski definition) is 3. The molecule has 0 radical (unpaired) electrons. The SMILES string of the molecule is O=C1c2ccccc2C(=O)C1(O)Cc1ccccc1. The molecule has 0 heterocycles. The Morgan fingerprint density at radius 3 is 1.79 bits per heavy atom. The van der Waals surface area contributed by atoms with Gasteiger partial charge in [0.15, 0.2) is 5.60 Å². The van der Waals surface area contributed by atoms with E-state index < -0.39 is 17.2 Å². The van der Waals surface area contributed by atoms with Crippen molar-refractivity contribution in [2.24, 2.45) is 0 Å². The molecule has 3 nitrogen and oxygen atoms in total. The van der Waals surface area contributed by atoms with Gasteiger partial charge in [0.05, 0.1) is 0 Å². The van der Waals surface area contributed by atoms with Crippen LogP contribution in [-0.4, -0.2) is 22.3 Å². The van der Waals surface area contributed by atoms with Gasteiger partial charge in [-0.1, -0.05) is 54.6 Å². The number of ketones is 2. The van der Waals surface area contributed by atoms with Crippen LogP contribution < -0.4 is 0 Å². The fraction of sp³-hybridized carbons (Fsp3) is 0.125. The Bertz CT molecular complexity index is 624. The summed E-state index contributed by atoms with van der Waals surface area (Å²) in [4.78, 5) is 24.5. The van der Waals surface area contributed by atoms with Gasteiger partial charge in [-0.15, -0.1) is 0 Å². The lowest BCUT2D eigenvalue weighted by atomic mass is 9.90. The summed E-state index contributed by atoms with van der Waals surface area (Å²) in [6.07, 6.45) is 0.0141. The number of fused-ring (bicyclic) bond motifs is 1. The van der Waals surface area contributed by atoms with Gasteiger partial charge in [-0.2, -0.15) is 0 Å². The molecule has 0 aliphatic heterocycles. The summed E-state index contributed by atoms with van der Waals surface area (Å²) in [5, 5.41) is 10.5. The highest BCUT2D eigenvalue weighted by molar-refractivity contribution is 6.32. The first-order valence-corrected chi connectivity index (χ1v) is 6.08. The van der Waals surface area contributed by atoms with Crippen LogP contribution in [0.15, 0.2) is 54.6 Å². The van der Waals surface area contributed by atoms with E-state index in [2.05, 4.69) is 0 Å². The maximum absolute atomic E-state index is 12.3. The first-order chi connectivity index (χ1) is 9.13. The number of aliphatic hydroxyl groups is 1. The Morgan fingerprint density at radius 2 is 1.26 bits per heavy atom. The van der Waals surface area contributed by atoms with Crippen LogP contribution in [0.4, 0.5) is 0 Å². The smallest absolute Gasteiger partial charge is 0.203 e. The van der Waals surface area contributed by atoms with E-state index in [9.17, 15) is 14.7 Å². The van der Waals surface area contributed by atoms with E-state index in [1.54, 1.807) is 36.4 Å². The van der Waals surface area contributed by atoms with Crippen LogP contribution in [0.5, 0.6) is 0 Å². The van der Waals surface area contributed by atoms with E-state index >= 15 is 0 Å². The van der Waals surface area contributed by atoms with Gasteiger partial charge < -0.3 is 5.11 Å². The maximum Gasteiger partial charge on any atom is 0.203 e. The van der Waals surface area contributed by atoms with Crippen LogP contribution in [0.1, 0.15) is 26.3 Å². The Balaban J connectivity index is 2.03. The van der Waals surface area contributed by atoms with Gasteiger partial charge in [0.1, 0.15) is 0 Å². The molecule has 3 rings (SSSR count). The quantitative estimate of drug-likeness (QED) is 0.832. The summed E-state index contributed by atoms with van der Waals surface area (Å²) in [5.74, 6) is -1.01. The first kappa shape index (κ1) is 11.8. The number of rotatable bonds is 2. The molecule has 94 valence electrons. The number of hydrogen-bond donors (Lipinski definition) is 1. The third-order valence-corrected chi connectivity index (χ3v) is 3.47. The van der Waals surface area contributed by atoms with Crippen molar-refractivity contribution < 1.29 is 14.7 Å².